The molecule has 0 aliphatic heterocycles. The Morgan fingerprint density at radius 2 is 1.90 bits per heavy atom. The molecule has 0 bridgehead atoms. The van der Waals surface area contributed by atoms with E-state index in [4.69, 9.17) is 23.2 Å². The van der Waals surface area contributed by atoms with Crippen molar-refractivity contribution in [2.75, 3.05) is 6.54 Å². The van der Waals surface area contributed by atoms with Crippen LogP contribution in [0.5, 0.6) is 0 Å². The minimum absolute atomic E-state index is 0.204. The Kier molecular flexibility index (Phi) is 7.04. The molecular weight excluding hydrogens is 457 g/mol. The molecule has 1 aromatic heterocycles. The molecule has 2 aromatic rings. The van der Waals surface area contributed by atoms with Gasteiger partial charge in [-0.25, -0.2) is 0 Å². The van der Waals surface area contributed by atoms with E-state index in [0.717, 1.165) is 43.3 Å². The van der Waals surface area contributed by atoms with Gasteiger partial charge in [0.25, 0.3) is 0 Å². The molecule has 0 fully saturated rings. The Morgan fingerprint density at radius 3 is 2.43 bits per heavy atom. The molecule has 2 rings (SSSR count). The fraction of sp³-hybridized carbons (Fsp3) is 0.333. The second-order valence-corrected chi connectivity index (χ2v) is 8.75. The summed E-state index contributed by atoms with van der Waals surface area (Å²) in [4.78, 5) is 1.26. The maximum atomic E-state index is 6.30. The second kappa shape index (κ2) is 8.32. The molecule has 0 saturated carbocycles. The fourth-order valence-electron chi connectivity index (χ4n) is 2.06. The van der Waals surface area contributed by atoms with E-state index in [2.05, 4.69) is 50.2 Å². The third-order valence-corrected chi connectivity index (χ3v) is 7.20. The van der Waals surface area contributed by atoms with Gasteiger partial charge in [0.1, 0.15) is 0 Å². The zero-order chi connectivity index (χ0) is 15.4. The van der Waals surface area contributed by atoms with Crippen LogP contribution in [0.15, 0.2) is 32.5 Å². The summed E-state index contributed by atoms with van der Waals surface area (Å²) in [6, 6.07) is 8.00. The van der Waals surface area contributed by atoms with Gasteiger partial charge in [-0.05, 0) is 75.0 Å². The number of nitrogens with one attached hydrogen (secondary N) is 1. The van der Waals surface area contributed by atoms with Crippen molar-refractivity contribution in [1.29, 1.82) is 0 Å². The lowest BCUT2D eigenvalue weighted by Crippen LogP contribution is -2.23. The molecule has 1 unspecified atom stereocenters. The second-order valence-electron chi connectivity index (χ2n) is 4.68. The average Bonchev–Trinajstić information content (AvgIpc) is 2.77. The minimum atomic E-state index is 0.204. The number of hydrogen-bond donors (Lipinski definition) is 1. The van der Waals surface area contributed by atoms with Gasteiger partial charge in [0.05, 0.1) is 3.79 Å². The third kappa shape index (κ3) is 4.69. The summed E-state index contributed by atoms with van der Waals surface area (Å²) in [5, 5.41) is 5.03. The van der Waals surface area contributed by atoms with E-state index >= 15 is 0 Å². The van der Waals surface area contributed by atoms with E-state index in [1.807, 2.05) is 18.2 Å². The molecule has 114 valence electrons. The SMILES string of the molecule is CCCNC(Cc1c(Cl)cccc1Cl)c1cc(Br)c(Br)s1. The smallest absolute Gasteiger partial charge is 0.0843 e. The van der Waals surface area contributed by atoms with Crippen LogP contribution in [0.25, 0.3) is 0 Å². The van der Waals surface area contributed by atoms with Gasteiger partial charge in [0, 0.05) is 25.4 Å². The molecule has 0 spiro atoms. The highest BCUT2D eigenvalue weighted by Crippen LogP contribution is 2.38. The van der Waals surface area contributed by atoms with Gasteiger partial charge in [-0.3, -0.25) is 0 Å². The summed E-state index contributed by atoms with van der Waals surface area (Å²) in [6.45, 7) is 3.12. The van der Waals surface area contributed by atoms with Crippen LogP contribution in [0.1, 0.15) is 29.8 Å². The predicted octanol–water partition coefficient (Wildman–Crippen LogP) is 6.86. The zero-order valence-electron chi connectivity index (χ0n) is 11.4. The lowest BCUT2D eigenvalue weighted by Gasteiger charge is -2.18. The molecular formula is C15H15Br2Cl2NS. The van der Waals surface area contributed by atoms with Crippen molar-refractivity contribution in [3.8, 4) is 0 Å². The average molecular weight is 472 g/mol. The standard InChI is InChI=1S/C15H15Br2Cl2NS/c1-2-6-20-13(14-8-10(16)15(17)21-14)7-9-11(18)4-3-5-12(9)19/h3-5,8,13,20H,2,6-7H2,1H3. The van der Waals surface area contributed by atoms with Crippen LogP contribution in [0.4, 0.5) is 0 Å². The highest BCUT2D eigenvalue weighted by molar-refractivity contribution is 9.13. The number of hydrogen-bond acceptors (Lipinski definition) is 2. The number of rotatable bonds is 6. The number of benzene rings is 1. The summed E-state index contributed by atoms with van der Waals surface area (Å²) < 4.78 is 2.18. The first-order valence-electron chi connectivity index (χ1n) is 6.64. The zero-order valence-corrected chi connectivity index (χ0v) is 16.9. The molecule has 1 atom stereocenters. The van der Waals surface area contributed by atoms with Gasteiger partial charge in [-0.1, -0.05) is 36.2 Å². The molecule has 1 N–H and O–H groups in total. The summed E-state index contributed by atoms with van der Waals surface area (Å²) >= 11 is 21.4. The van der Waals surface area contributed by atoms with Crippen molar-refractivity contribution >= 4 is 66.4 Å². The lowest BCUT2D eigenvalue weighted by molar-refractivity contribution is 0.536. The van der Waals surface area contributed by atoms with Crippen molar-refractivity contribution in [2.45, 2.75) is 25.8 Å². The molecule has 1 aromatic carbocycles. The Balaban J connectivity index is 2.28. The molecule has 0 radical (unpaired) electrons. The largest absolute Gasteiger partial charge is 0.309 e. The fourth-order valence-corrected chi connectivity index (χ4v) is 4.78. The van der Waals surface area contributed by atoms with Gasteiger partial charge in [0.15, 0.2) is 0 Å². The van der Waals surface area contributed by atoms with Crippen molar-refractivity contribution in [3.05, 3.63) is 53.0 Å². The lowest BCUT2D eigenvalue weighted by atomic mass is 10.0. The summed E-state index contributed by atoms with van der Waals surface area (Å²) in [5.74, 6) is 0. The molecule has 6 heteroatoms. The van der Waals surface area contributed by atoms with E-state index in [1.54, 1.807) is 11.3 Å². The van der Waals surface area contributed by atoms with E-state index in [1.165, 1.54) is 4.88 Å². The normalized spacial score (nSPS) is 12.6. The van der Waals surface area contributed by atoms with E-state index in [-0.39, 0.29) is 6.04 Å². The molecule has 0 amide bonds. The highest BCUT2D eigenvalue weighted by Gasteiger charge is 2.18. The van der Waals surface area contributed by atoms with Crippen LogP contribution in [0.2, 0.25) is 10.0 Å². The maximum Gasteiger partial charge on any atom is 0.0843 e. The van der Waals surface area contributed by atoms with Crippen LogP contribution in [-0.4, -0.2) is 6.54 Å². The van der Waals surface area contributed by atoms with E-state index in [9.17, 15) is 0 Å². The maximum absolute atomic E-state index is 6.30. The monoisotopic (exact) mass is 469 g/mol. The Bertz CT molecular complexity index is 576. The van der Waals surface area contributed by atoms with Crippen molar-refractivity contribution < 1.29 is 0 Å². The molecule has 1 heterocycles. The Hall–Kier alpha value is 0.420. The predicted molar refractivity (Wildman–Crippen MR) is 101 cm³/mol. The Morgan fingerprint density at radius 1 is 1.24 bits per heavy atom. The summed E-state index contributed by atoms with van der Waals surface area (Å²) in [5.41, 5.74) is 0.995. The van der Waals surface area contributed by atoms with Crippen LogP contribution >= 0.6 is 66.4 Å². The van der Waals surface area contributed by atoms with Gasteiger partial charge < -0.3 is 5.32 Å². The van der Waals surface area contributed by atoms with Crippen LogP contribution < -0.4 is 5.32 Å². The van der Waals surface area contributed by atoms with Crippen molar-refractivity contribution in [2.24, 2.45) is 0 Å². The first kappa shape index (κ1) is 17.8. The van der Waals surface area contributed by atoms with E-state index in [0.29, 0.717) is 0 Å². The molecule has 21 heavy (non-hydrogen) atoms. The third-order valence-electron chi connectivity index (χ3n) is 3.12. The molecule has 0 aliphatic rings. The molecule has 1 nitrogen and oxygen atoms in total. The van der Waals surface area contributed by atoms with Crippen LogP contribution in [0.3, 0.4) is 0 Å². The van der Waals surface area contributed by atoms with Crippen LogP contribution in [-0.2, 0) is 6.42 Å². The number of halogens is 4. The topological polar surface area (TPSA) is 12.0 Å². The first-order valence-corrected chi connectivity index (χ1v) is 9.79. The van der Waals surface area contributed by atoms with E-state index < -0.39 is 0 Å². The minimum Gasteiger partial charge on any atom is -0.309 e. The van der Waals surface area contributed by atoms with Crippen molar-refractivity contribution in [1.82, 2.24) is 5.32 Å². The number of thiophene rings is 1. The van der Waals surface area contributed by atoms with Gasteiger partial charge >= 0.3 is 0 Å². The molecule has 0 saturated heterocycles. The highest BCUT2D eigenvalue weighted by atomic mass is 79.9. The van der Waals surface area contributed by atoms with Gasteiger partial charge in [-0.2, -0.15) is 0 Å². The van der Waals surface area contributed by atoms with Crippen LogP contribution in [0, 0.1) is 0 Å². The molecule has 0 aliphatic carbocycles. The quantitative estimate of drug-likeness (QED) is 0.485. The summed E-state index contributed by atoms with van der Waals surface area (Å²) in [7, 11) is 0. The van der Waals surface area contributed by atoms with Crippen molar-refractivity contribution in [3.63, 3.8) is 0 Å². The first-order chi connectivity index (χ1) is 10.0. The van der Waals surface area contributed by atoms with Gasteiger partial charge in [0.2, 0.25) is 0 Å². The van der Waals surface area contributed by atoms with Gasteiger partial charge in [-0.15, -0.1) is 11.3 Å². The summed E-state index contributed by atoms with van der Waals surface area (Å²) in [6.07, 6.45) is 1.86. The Labute approximate surface area is 156 Å².